The van der Waals surface area contributed by atoms with Gasteiger partial charge in [0.1, 0.15) is 0 Å². The van der Waals surface area contributed by atoms with Gasteiger partial charge in [-0.1, -0.05) is 13.8 Å². The standard InChI is InChI=1S/C4H9PS2/c1-3-4(2)7-5-6-3/h3-5H,1-2H3. The molecule has 3 heteroatoms. The summed E-state index contributed by atoms with van der Waals surface area (Å²) in [7, 11) is 0. The van der Waals surface area contributed by atoms with Crippen LogP contribution in [-0.4, -0.2) is 10.5 Å². The van der Waals surface area contributed by atoms with Crippen molar-refractivity contribution >= 4 is 29.7 Å². The molecule has 1 heterocycles. The molecule has 2 unspecified atom stereocenters. The Morgan fingerprint density at radius 2 is 1.57 bits per heavy atom. The highest BCUT2D eigenvalue weighted by Crippen LogP contribution is 2.57. The Morgan fingerprint density at radius 3 is 1.71 bits per heavy atom. The minimum Gasteiger partial charge on any atom is -0.122 e. The lowest BCUT2D eigenvalue weighted by atomic mass is 10.4. The Labute approximate surface area is 54.5 Å². The molecule has 0 spiro atoms. The molecule has 0 aromatic heterocycles. The maximum Gasteiger partial charge on any atom is 0.0186 e. The summed E-state index contributed by atoms with van der Waals surface area (Å²) < 4.78 is 0. The number of rotatable bonds is 0. The monoisotopic (exact) mass is 152 g/mol. The highest BCUT2D eigenvalue weighted by Gasteiger charge is 2.19. The van der Waals surface area contributed by atoms with E-state index in [1.54, 1.807) is 0 Å². The number of hydrogen-bond donors (Lipinski definition) is 0. The van der Waals surface area contributed by atoms with Crippen molar-refractivity contribution in [3.05, 3.63) is 0 Å². The van der Waals surface area contributed by atoms with E-state index in [4.69, 9.17) is 0 Å². The molecule has 0 aromatic rings. The Bertz CT molecular complexity index is 58.7. The zero-order valence-electron chi connectivity index (χ0n) is 4.47. The summed E-state index contributed by atoms with van der Waals surface area (Å²) >= 11 is 4.19. The van der Waals surface area contributed by atoms with Gasteiger partial charge in [0.2, 0.25) is 0 Å². The maximum absolute atomic E-state index is 2.31. The van der Waals surface area contributed by atoms with Crippen molar-refractivity contribution in [2.45, 2.75) is 24.3 Å². The van der Waals surface area contributed by atoms with Crippen LogP contribution in [0.15, 0.2) is 0 Å². The summed E-state index contributed by atoms with van der Waals surface area (Å²) in [5.74, 6) is 0. The summed E-state index contributed by atoms with van der Waals surface area (Å²) in [5, 5.41) is 1.81. The second-order valence-corrected chi connectivity index (χ2v) is 7.27. The third-order valence-corrected chi connectivity index (χ3v) is 7.59. The molecular weight excluding hydrogens is 143 g/mol. The average molecular weight is 152 g/mol. The predicted octanol–water partition coefficient (Wildman–Crippen LogP) is 2.75. The predicted molar refractivity (Wildman–Crippen MR) is 42.4 cm³/mol. The Morgan fingerprint density at radius 1 is 1.14 bits per heavy atom. The minimum absolute atomic E-state index is 0.906. The Hall–Kier alpha value is 1.13. The van der Waals surface area contributed by atoms with Gasteiger partial charge in [-0.25, -0.2) is 0 Å². The first kappa shape index (κ1) is 6.25. The van der Waals surface area contributed by atoms with Crippen LogP contribution in [0.25, 0.3) is 0 Å². The highest BCUT2D eigenvalue weighted by atomic mass is 33.1. The highest BCUT2D eigenvalue weighted by molar-refractivity contribution is 8.84. The first-order valence-electron chi connectivity index (χ1n) is 2.37. The van der Waals surface area contributed by atoms with Crippen LogP contribution >= 0.6 is 29.7 Å². The smallest absolute Gasteiger partial charge is 0.0186 e. The van der Waals surface area contributed by atoms with Gasteiger partial charge in [-0.05, 0) is 6.98 Å². The topological polar surface area (TPSA) is 0 Å². The van der Waals surface area contributed by atoms with Crippen LogP contribution < -0.4 is 0 Å². The third kappa shape index (κ3) is 1.51. The van der Waals surface area contributed by atoms with Crippen molar-refractivity contribution < 1.29 is 0 Å². The van der Waals surface area contributed by atoms with E-state index in [1.165, 1.54) is 0 Å². The fourth-order valence-corrected chi connectivity index (χ4v) is 7.57. The second kappa shape index (κ2) is 2.61. The molecule has 1 aliphatic heterocycles. The molecule has 7 heavy (non-hydrogen) atoms. The molecule has 0 radical (unpaired) electrons. The maximum atomic E-state index is 2.31. The zero-order valence-corrected chi connectivity index (χ0v) is 7.10. The van der Waals surface area contributed by atoms with Crippen molar-refractivity contribution in [1.82, 2.24) is 0 Å². The van der Waals surface area contributed by atoms with Gasteiger partial charge in [0.05, 0.1) is 0 Å². The number of hydrogen-bond acceptors (Lipinski definition) is 2. The SMILES string of the molecule is CC1SPSC1C. The molecule has 0 aromatic carbocycles. The van der Waals surface area contributed by atoms with Crippen molar-refractivity contribution in [3.8, 4) is 0 Å². The molecule has 0 N–H and O–H groups in total. The normalized spacial score (nSPS) is 45.4. The van der Waals surface area contributed by atoms with Crippen LogP contribution in [0.1, 0.15) is 13.8 Å². The molecule has 1 rings (SSSR count). The molecule has 1 fully saturated rings. The van der Waals surface area contributed by atoms with Crippen LogP contribution in [-0.2, 0) is 0 Å². The molecule has 0 aliphatic carbocycles. The van der Waals surface area contributed by atoms with Gasteiger partial charge < -0.3 is 0 Å². The molecule has 1 aliphatic rings. The minimum atomic E-state index is 0.906. The van der Waals surface area contributed by atoms with Crippen molar-refractivity contribution in [1.29, 1.82) is 0 Å². The Balaban J connectivity index is 2.33. The zero-order chi connectivity index (χ0) is 5.28. The fourth-order valence-electron chi connectivity index (χ4n) is 0.371. The van der Waals surface area contributed by atoms with Gasteiger partial charge in [-0.15, -0.1) is 22.8 Å². The molecule has 0 nitrogen and oxygen atoms in total. The molecule has 1 saturated heterocycles. The van der Waals surface area contributed by atoms with Crippen molar-refractivity contribution in [3.63, 3.8) is 0 Å². The first-order valence-corrected chi connectivity index (χ1v) is 6.58. The summed E-state index contributed by atoms with van der Waals surface area (Å²) in [5.41, 5.74) is 0. The molecule has 0 bridgehead atoms. The van der Waals surface area contributed by atoms with E-state index in [2.05, 4.69) is 36.6 Å². The largest absolute Gasteiger partial charge is 0.122 e. The van der Waals surface area contributed by atoms with Crippen molar-refractivity contribution in [2.24, 2.45) is 0 Å². The van der Waals surface area contributed by atoms with Gasteiger partial charge in [0, 0.05) is 10.5 Å². The van der Waals surface area contributed by atoms with E-state index in [9.17, 15) is 0 Å². The van der Waals surface area contributed by atoms with E-state index in [1.807, 2.05) is 0 Å². The van der Waals surface area contributed by atoms with E-state index < -0.39 is 0 Å². The molecule has 2 atom stereocenters. The van der Waals surface area contributed by atoms with E-state index >= 15 is 0 Å². The van der Waals surface area contributed by atoms with Gasteiger partial charge in [-0.2, -0.15) is 0 Å². The molecular formula is C4H9PS2. The molecule has 0 amide bonds. The lowest BCUT2D eigenvalue weighted by molar-refractivity contribution is 0.941. The van der Waals surface area contributed by atoms with Crippen LogP contribution in [0.3, 0.4) is 0 Å². The quantitative estimate of drug-likeness (QED) is 0.489. The van der Waals surface area contributed by atoms with Crippen LogP contribution in [0, 0.1) is 0 Å². The lowest BCUT2D eigenvalue weighted by Gasteiger charge is -2.02. The summed E-state index contributed by atoms with van der Waals surface area (Å²) in [4.78, 5) is 0. The Kier molecular flexibility index (Phi) is 2.33. The van der Waals surface area contributed by atoms with Gasteiger partial charge in [0.25, 0.3) is 0 Å². The summed E-state index contributed by atoms with van der Waals surface area (Å²) in [6, 6.07) is 0. The van der Waals surface area contributed by atoms with Crippen LogP contribution in [0.4, 0.5) is 0 Å². The van der Waals surface area contributed by atoms with E-state index in [0.717, 1.165) is 17.5 Å². The fraction of sp³-hybridized carbons (Fsp3) is 1.00. The second-order valence-electron chi connectivity index (χ2n) is 1.73. The first-order chi connectivity index (χ1) is 3.30. The third-order valence-electron chi connectivity index (χ3n) is 1.13. The van der Waals surface area contributed by atoms with Crippen molar-refractivity contribution in [2.75, 3.05) is 0 Å². The van der Waals surface area contributed by atoms with Gasteiger partial charge >= 0.3 is 0 Å². The summed E-state index contributed by atoms with van der Waals surface area (Å²) in [6.07, 6.45) is 0. The van der Waals surface area contributed by atoms with Gasteiger partial charge in [0.15, 0.2) is 0 Å². The van der Waals surface area contributed by atoms with Crippen LogP contribution in [0.2, 0.25) is 0 Å². The average Bonchev–Trinajstić information content (AvgIpc) is 1.91. The lowest BCUT2D eigenvalue weighted by Crippen LogP contribution is -2.04. The molecule has 42 valence electrons. The molecule has 0 saturated carbocycles. The van der Waals surface area contributed by atoms with E-state index in [-0.39, 0.29) is 0 Å². The summed E-state index contributed by atoms with van der Waals surface area (Å²) in [6.45, 7) is 5.72. The van der Waals surface area contributed by atoms with Gasteiger partial charge in [-0.3, -0.25) is 0 Å². The van der Waals surface area contributed by atoms with Crippen LogP contribution in [0.5, 0.6) is 0 Å². The van der Waals surface area contributed by atoms with E-state index in [0.29, 0.717) is 0 Å².